The molecule has 1 aliphatic carbocycles. The Morgan fingerprint density at radius 1 is 1.46 bits per heavy atom. The van der Waals surface area contributed by atoms with Crippen LogP contribution in [0, 0.1) is 0 Å². The molecular formula is C19H28N4O3. The number of aromatic nitrogens is 2. The SMILES string of the molecule is CCCc1noc2nc(C3CC3)cc(C(=O)NC[C@](C)(O)CN(C)C)c12. The zero-order chi connectivity index (χ0) is 18.9. The molecule has 0 aliphatic heterocycles. The van der Waals surface area contributed by atoms with Crippen LogP contribution in [0.1, 0.15) is 60.8 Å². The van der Waals surface area contributed by atoms with Crippen LogP contribution >= 0.6 is 0 Å². The van der Waals surface area contributed by atoms with Crippen molar-refractivity contribution in [1.82, 2.24) is 20.4 Å². The third kappa shape index (κ3) is 4.22. The van der Waals surface area contributed by atoms with Crippen LogP contribution in [0.25, 0.3) is 11.1 Å². The van der Waals surface area contributed by atoms with Crippen molar-refractivity contribution in [3.8, 4) is 0 Å². The van der Waals surface area contributed by atoms with Gasteiger partial charge in [0.2, 0.25) is 0 Å². The molecule has 3 rings (SSSR count). The molecule has 1 aliphatic rings. The Bertz CT molecular complexity index is 793. The van der Waals surface area contributed by atoms with Crippen LogP contribution < -0.4 is 5.32 Å². The quantitative estimate of drug-likeness (QED) is 0.749. The summed E-state index contributed by atoms with van der Waals surface area (Å²) in [5, 5.41) is 18.1. The summed E-state index contributed by atoms with van der Waals surface area (Å²) in [7, 11) is 3.78. The van der Waals surface area contributed by atoms with Crippen LogP contribution in [-0.2, 0) is 6.42 Å². The Labute approximate surface area is 153 Å². The third-order valence-electron chi connectivity index (χ3n) is 4.55. The first-order valence-corrected chi connectivity index (χ1v) is 9.25. The number of carbonyl (C=O) groups is 1. The van der Waals surface area contributed by atoms with Gasteiger partial charge < -0.3 is 19.8 Å². The van der Waals surface area contributed by atoms with Gasteiger partial charge in [0.15, 0.2) is 0 Å². The zero-order valence-corrected chi connectivity index (χ0v) is 16.0. The molecule has 1 fully saturated rings. The minimum atomic E-state index is -1.01. The van der Waals surface area contributed by atoms with Crippen molar-refractivity contribution >= 4 is 17.0 Å². The van der Waals surface area contributed by atoms with Crippen LogP contribution in [-0.4, -0.2) is 58.8 Å². The second-order valence-corrected chi connectivity index (χ2v) is 7.85. The maximum absolute atomic E-state index is 12.9. The Morgan fingerprint density at radius 2 is 2.19 bits per heavy atom. The van der Waals surface area contributed by atoms with Crippen LogP contribution in [0.3, 0.4) is 0 Å². The number of nitrogens with zero attached hydrogens (tertiary/aromatic N) is 3. The van der Waals surface area contributed by atoms with Gasteiger partial charge in [0.1, 0.15) is 0 Å². The molecule has 0 unspecified atom stereocenters. The molecule has 2 aromatic heterocycles. The molecule has 0 radical (unpaired) electrons. The molecule has 1 atom stereocenters. The van der Waals surface area contributed by atoms with Crippen molar-refractivity contribution in [2.45, 2.75) is 51.0 Å². The molecule has 0 spiro atoms. The number of hydrogen-bond acceptors (Lipinski definition) is 6. The number of rotatable bonds is 8. The molecule has 2 aromatic rings. The summed E-state index contributed by atoms with van der Waals surface area (Å²) in [5.41, 5.74) is 1.63. The number of carbonyl (C=O) groups excluding carboxylic acids is 1. The number of nitrogens with one attached hydrogen (secondary N) is 1. The van der Waals surface area contributed by atoms with E-state index >= 15 is 0 Å². The van der Waals surface area contributed by atoms with E-state index in [1.165, 1.54) is 0 Å². The van der Waals surface area contributed by atoms with Crippen LogP contribution in [0.5, 0.6) is 0 Å². The van der Waals surface area contributed by atoms with Gasteiger partial charge in [-0.25, -0.2) is 4.98 Å². The predicted octanol–water partition coefficient (Wildman–Crippen LogP) is 2.10. The first kappa shape index (κ1) is 18.8. The first-order chi connectivity index (χ1) is 12.3. The van der Waals surface area contributed by atoms with E-state index in [9.17, 15) is 9.90 Å². The Morgan fingerprint density at radius 3 is 2.81 bits per heavy atom. The molecular weight excluding hydrogens is 332 g/mol. The molecule has 142 valence electrons. The van der Waals surface area contributed by atoms with Gasteiger partial charge >= 0.3 is 0 Å². The second-order valence-electron chi connectivity index (χ2n) is 7.85. The van der Waals surface area contributed by atoms with Crippen molar-refractivity contribution in [3.63, 3.8) is 0 Å². The zero-order valence-electron chi connectivity index (χ0n) is 16.0. The van der Waals surface area contributed by atoms with Crippen molar-refractivity contribution in [1.29, 1.82) is 0 Å². The van der Waals surface area contributed by atoms with Gasteiger partial charge in [-0.05, 0) is 46.3 Å². The number of aliphatic hydroxyl groups is 1. The highest BCUT2D eigenvalue weighted by atomic mass is 16.5. The lowest BCUT2D eigenvalue weighted by Crippen LogP contribution is -2.47. The topological polar surface area (TPSA) is 91.5 Å². The van der Waals surface area contributed by atoms with E-state index in [2.05, 4.69) is 22.4 Å². The first-order valence-electron chi connectivity index (χ1n) is 9.25. The second kappa shape index (κ2) is 7.32. The summed E-state index contributed by atoms with van der Waals surface area (Å²) in [6, 6.07) is 1.87. The van der Waals surface area contributed by atoms with E-state index < -0.39 is 5.60 Å². The average Bonchev–Trinajstić information content (AvgIpc) is 3.33. The van der Waals surface area contributed by atoms with E-state index in [0.29, 0.717) is 29.1 Å². The Hall–Kier alpha value is -1.99. The normalized spacial score (nSPS) is 16.8. The lowest BCUT2D eigenvalue weighted by atomic mass is 10.0. The van der Waals surface area contributed by atoms with E-state index in [1.54, 1.807) is 6.92 Å². The van der Waals surface area contributed by atoms with E-state index in [1.807, 2.05) is 25.1 Å². The molecule has 0 saturated heterocycles. The molecule has 1 saturated carbocycles. The molecule has 1 amide bonds. The summed E-state index contributed by atoms with van der Waals surface area (Å²) < 4.78 is 5.41. The number of amides is 1. The van der Waals surface area contributed by atoms with Gasteiger partial charge in [-0.2, -0.15) is 0 Å². The van der Waals surface area contributed by atoms with Crippen molar-refractivity contribution < 1.29 is 14.4 Å². The van der Waals surface area contributed by atoms with Gasteiger partial charge in [-0.1, -0.05) is 18.5 Å². The number of pyridine rings is 1. The molecule has 7 nitrogen and oxygen atoms in total. The maximum atomic E-state index is 12.9. The summed E-state index contributed by atoms with van der Waals surface area (Å²) >= 11 is 0. The van der Waals surface area contributed by atoms with Crippen molar-refractivity contribution in [2.75, 3.05) is 27.2 Å². The fourth-order valence-electron chi connectivity index (χ4n) is 3.31. The van der Waals surface area contributed by atoms with E-state index in [-0.39, 0.29) is 12.5 Å². The molecule has 26 heavy (non-hydrogen) atoms. The van der Waals surface area contributed by atoms with Crippen LogP contribution in [0.4, 0.5) is 0 Å². The number of fused-ring (bicyclic) bond motifs is 1. The minimum absolute atomic E-state index is 0.168. The third-order valence-corrected chi connectivity index (χ3v) is 4.55. The molecule has 0 aromatic carbocycles. The average molecular weight is 360 g/mol. The van der Waals surface area contributed by atoms with Gasteiger partial charge in [0.05, 0.1) is 22.2 Å². The fraction of sp³-hybridized carbons (Fsp3) is 0.632. The number of hydrogen-bond donors (Lipinski definition) is 2. The molecule has 0 bridgehead atoms. The van der Waals surface area contributed by atoms with Gasteiger partial charge in [-0.15, -0.1) is 0 Å². The predicted molar refractivity (Wildman–Crippen MR) is 99.3 cm³/mol. The minimum Gasteiger partial charge on any atom is -0.387 e. The largest absolute Gasteiger partial charge is 0.387 e. The number of aryl methyl sites for hydroxylation is 1. The van der Waals surface area contributed by atoms with E-state index in [0.717, 1.165) is 37.1 Å². The van der Waals surface area contributed by atoms with Gasteiger partial charge in [-0.3, -0.25) is 4.79 Å². The van der Waals surface area contributed by atoms with E-state index in [4.69, 9.17) is 4.52 Å². The Balaban J connectivity index is 1.89. The van der Waals surface area contributed by atoms with Crippen molar-refractivity contribution in [2.24, 2.45) is 0 Å². The highest BCUT2D eigenvalue weighted by Crippen LogP contribution is 2.40. The summed E-state index contributed by atoms with van der Waals surface area (Å²) in [5.74, 6) is 0.182. The summed E-state index contributed by atoms with van der Waals surface area (Å²) in [6.45, 7) is 4.40. The maximum Gasteiger partial charge on any atom is 0.259 e. The van der Waals surface area contributed by atoms with Crippen LogP contribution in [0.15, 0.2) is 10.6 Å². The smallest absolute Gasteiger partial charge is 0.259 e. The molecule has 2 N–H and O–H groups in total. The lowest BCUT2D eigenvalue weighted by Gasteiger charge is -2.27. The lowest BCUT2D eigenvalue weighted by molar-refractivity contribution is 0.0326. The van der Waals surface area contributed by atoms with Gasteiger partial charge in [0, 0.05) is 24.7 Å². The van der Waals surface area contributed by atoms with Crippen molar-refractivity contribution in [3.05, 3.63) is 23.0 Å². The fourth-order valence-corrected chi connectivity index (χ4v) is 3.31. The summed E-state index contributed by atoms with van der Waals surface area (Å²) in [6.07, 6.45) is 3.82. The number of likely N-dealkylation sites (N-methyl/N-ethyl adjacent to an activating group) is 1. The van der Waals surface area contributed by atoms with Crippen LogP contribution in [0.2, 0.25) is 0 Å². The summed E-state index contributed by atoms with van der Waals surface area (Å²) in [4.78, 5) is 19.4. The standard InChI is InChI=1S/C19H28N4O3/c1-5-6-14-16-13(17(24)20-10-19(2,25)11-23(3)4)9-15(12-7-8-12)21-18(16)26-22-14/h9,12,25H,5-8,10-11H2,1-4H3,(H,20,24)/t19-/m0/s1. The molecule has 7 heteroatoms. The Kier molecular flexibility index (Phi) is 5.29. The molecule has 2 heterocycles. The highest BCUT2D eigenvalue weighted by Gasteiger charge is 2.30. The monoisotopic (exact) mass is 360 g/mol. The van der Waals surface area contributed by atoms with Gasteiger partial charge in [0.25, 0.3) is 11.6 Å². The highest BCUT2D eigenvalue weighted by molar-refractivity contribution is 6.06.